The molecule has 0 aliphatic heterocycles. The van der Waals surface area contributed by atoms with Gasteiger partial charge >= 0.3 is 0 Å². The molecule has 0 radical (unpaired) electrons. The maximum absolute atomic E-state index is 10.9. The Kier molecular flexibility index (Phi) is 3.89. The standard InChI is InChI=1S/C10H15N5O/c11-4-6-2-1-3-8(6)15-5-7(9(12)13)10(14)16/h5-6,8,15H,1-3H2,(H3,12,13)(H2,14,16)/b7-5+/t6?,8-/m0/s1. The minimum Gasteiger partial charge on any atom is -0.386 e. The predicted octanol–water partition coefficient (Wildman–Crippen LogP) is -0.427. The highest BCUT2D eigenvalue weighted by molar-refractivity contribution is 6.18. The van der Waals surface area contributed by atoms with Gasteiger partial charge in [-0.2, -0.15) is 5.26 Å². The minimum absolute atomic E-state index is 0.0127. The van der Waals surface area contributed by atoms with Crippen LogP contribution in [-0.2, 0) is 4.79 Å². The van der Waals surface area contributed by atoms with Crippen LogP contribution in [0, 0.1) is 22.7 Å². The van der Waals surface area contributed by atoms with E-state index in [1.807, 2.05) is 0 Å². The van der Waals surface area contributed by atoms with Crippen LogP contribution in [0.1, 0.15) is 19.3 Å². The van der Waals surface area contributed by atoms with E-state index in [0.29, 0.717) is 0 Å². The number of hydrogen-bond acceptors (Lipinski definition) is 4. The van der Waals surface area contributed by atoms with E-state index in [4.69, 9.17) is 22.1 Å². The maximum atomic E-state index is 10.9. The Morgan fingerprint density at radius 1 is 1.50 bits per heavy atom. The summed E-state index contributed by atoms with van der Waals surface area (Å²) >= 11 is 0. The molecular weight excluding hydrogens is 206 g/mol. The lowest BCUT2D eigenvalue weighted by Gasteiger charge is -2.14. The highest BCUT2D eigenvalue weighted by Crippen LogP contribution is 2.24. The highest BCUT2D eigenvalue weighted by atomic mass is 16.1. The fraction of sp³-hybridized carbons (Fsp3) is 0.500. The van der Waals surface area contributed by atoms with Crippen LogP contribution >= 0.6 is 0 Å². The van der Waals surface area contributed by atoms with E-state index in [2.05, 4.69) is 11.4 Å². The summed E-state index contributed by atoms with van der Waals surface area (Å²) in [5, 5.41) is 18.9. The van der Waals surface area contributed by atoms with Gasteiger partial charge in [0.25, 0.3) is 5.91 Å². The minimum atomic E-state index is -0.744. The summed E-state index contributed by atoms with van der Waals surface area (Å²) < 4.78 is 0. The maximum Gasteiger partial charge on any atom is 0.253 e. The van der Waals surface area contributed by atoms with Gasteiger partial charge < -0.3 is 16.8 Å². The quantitative estimate of drug-likeness (QED) is 0.291. The molecule has 1 unspecified atom stereocenters. The second-order valence-electron chi connectivity index (χ2n) is 3.78. The van der Waals surface area contributed by atoms with E-state index in [1.54, 1.807) is 0 Å². The second-order valence-corrected chi connectivity index (χ2v) is 3.78. The molecule has 1 rings (SSSR count). The smallest absolute Gasteiger partial charge is 0.253 e. The van der Waals surface area contributed by atoms with Gasteiger partial charge in [-0.15, -0.1) is 0 Å². The Hall–Kier alpha value is -2.03. The van der Waals surface area contributed by atoms with Crippen LogP contribution in [0.5, 0.6) is 0 Å². The van der Waals surface area contributed by atoms with Gasteiger partial charge in [-0.05, 0) is 19.3 Å². The summed E-state index contributed by atoms with van der Waals surface area (Å²) in [6.45, 7) is 0. The first-order chi connectivity index (χ1) is 7.56. The Morgan fingerprint density at radius 3 is 2.69 bits per heavy atom. The summed E-state index contributed by atoms with van der Waals surface area (Å²) in [7, 11) is 0. The molecule has 0 saturated heterocycles. The molecule has 6 nitrogen and oxygen atoms in total. The van der Waals surface area contributed by atoms with Crippen molar-refractivity contribution < 1.29 is 4.79 Å². The van der Waals surface area contributed by atoms with Gasteiger partial charge in [0.05, 0.1) is 17.6 Å². The number of carbonyl (C=O) groups is 1. The van der Waals surface area contributed by atoms with Crippen molar-refractivity contribution in [1.29, 1.82) is 10.7 Å². The van der Waals surface area contributed by atoms with Gasteiger partial charge in [0.1, 0.15) is 5.84 Å². The Morgan fingerprint density at radius 2 is 2.19 bits per heavy atom. The van der Waals surface area contributed by atoms with Crippen LogP contribution in [0.4, 0.5) is 0 Å². The number of nitrogens with two attached hydrogens (primary N) is 2. The molecule has 1 saturated carbocycles. The fourth-order valence-electron chi connectivity index (χ4n) is 1.79. The average Bonchev–Trinajstić information content (AvgIpc) is 2.64. The fourth-order valence-corrected chi connectivity index (χ4v) is 1.79. The van der Waals surface area contributed by atoms with Crippen molar-refractivity contribution in [2.24, 2.45) is 17.4 Å². The average molecular weight is 221 g/mol. The molecule has 1 aliphatic rings. The summed E-state index contributed by atoms with van der Waals surface area (Å²) in [5.41, 5.74) is 10.2. The molecule has 1 fully saturated rings. The topological polar surface area (TPSA) is 129 Å². The van der Waals surface area contributed by atoms with Crippen molar-refractivity contribution in [2.45, 2.75) is 25.3 Å². The van der Waals surface area contributed by atoms with Crippen molar-refractivity contribution in [3.63, 3.8) is 0 Å². The Balaban J connectivity index is 2.67. The van der Waals surface area contributed by atoms with Crippen LogP contribution in [0.25, 0.3) is 0 Å². The lowest BCUT2D eigenvalue weighted by molar-refractivity contribution is -0.114. The number of hydrogen-bond donors (Lipinski definition) is 4. The van der Waals surface area contributed by atoms with E-state index in [9.17, 15) is 4.79 Å². The molecule has 0 heterocycles. The number of rotatable bonds is 4. The van der Waals surface area contributed by atoms with Crippen molar-refractivity contribution in [3.05, 3.63) is 11.8 Å². The Labute approximate surface area is 93.8 Å². The first kappa shape index (κ1) is 12.0. The van der Waals surface area contributed by atoms with Gasteiger partial charge in [0, 0.05) is 12.2 Å². The predicted molar refractivity (Wildman–Crippen MR) is 59.1 cm³/mol. The zero-order chi connectivity index (χ0) is 12.1. The molecule has 1 aliphatic carbocycles. The van der Waals surface area contributed by atoms with Crippen LogP contribution in [0.3, 0.4) is 0 Å². The van der Waals surface area contributed by atoms with Gasteiger partial charge in [0.15, 0.2) is 0 Å². The molecular formula is C10H15N5O. The number of amidine groups is 1. The molecule has 0 bridgehead atoms. The molecule has 86 valence electrons. The highest BCUT2D eigenvalue weighted by Gasteiger charge is 2.26. The van der Waals surface area contributed by atoms with Gasteiger partial charge in [-0.25, -0.2) is 0 Å². The lowest BCUT2D eigenvalue weighted by atomic mass is 10.1. The number of primary amides is 1. The first-order valence-corrected chi connectivity index (χ1v) is 5.06. The SMILES string of the molecule is N#CC1CCC[C@@H]1N/C=C(\C(=N)N)C(N)=O. The molecule has 6 heteroatoms. The van der Waals surface area contributed by atoms with Gasteiger partial charge in [-0.1, -0.05) is 0 Å². The van der Waals surface area contributed by atoms with Crippen molar-refractivity contribution in [3.8, 4) is 6.07 Å². The number of amides is 1. The number of nitriles is 1. The van der Waals surface area contributed by atoms with E-state index < -0.39 is 5.91 Å². The third-order valence-electron chi connectivity index (χ3n) is 2.68. The molecule has 16 heavy (non-hydrogen) atoms. The van der Waals surface area contributed by atoms with Crippen molar-refractivity contribution in [2.75, 3.05) is 0 Å². The van der Waals surface area contributed by atoms with Crippen LogP contribution < -0.4 is 16.8 Å². The van der Waals surface area contributed by atoms with E-state index in [-0.39, 0.29) is 23.4 Å². The van der Waals surface area contributed by atoms with Crippen LogP contribution in [0.15, 0.2) is 11.8 Å². The normalized spacial score (nSPS) is 24.8. The van der Waals surface area contributed by atoms with Crippen molar-refractivity contribution in [1.82, 2.24) is 5.32 Å². The summed E-state index contributed by atoms with van der Waals surface area (Å²) in [5.74, 6) is -1.17. The summed E-state index contributed by atoms with van der Waals surface area (Å²) in [6, 6.07) is 2.22. The first-order valence-electron chi connectivity index (χ1n) is 5.06. The third-order valence-corrected chi connectivity index (χ3v) is 2.68. The molecule has 0 aromatic rings. The molecule has 2 atom stereocenters. The molecule has 0 aromatic carbocycles. The van der Waals surface area contributed by atoms with Crippen LogP contribution in [-0.4, -0.2) is 17.8 Å². The molecule has 0 spiro atoms. The summed E-state index contributed by atoms with van der Waals surface area (Å²) in [6.07, 6.45) is 4.05. The van der Waals surface area contributed by atoms with E-state index >= 15 is 0 Å². The zero-order valence-electron chi connectivity index (χ0n) is 8.86. The van der Waals surface area contributed by atoms with E-state index in [0.717, 1.165) is 19.3 Å². The largest absolute Gasteiger partial charge is 0.386 e. The zero-order valence-corrected chi connectivity index (χ0v) is 8.86. The monoisotopic (exact) mass is 221 g/mol. The van der Waals surface area contributed by atoms with Gasteiger partial charge in [0.2, 0.25) is 0 Å². The number of nitrogens with zero attached hydrogens (tertiary/aromatic N) is 1. The number of nitrogens with one attached hydrogen (secondary N) is 2. The molecule has 1 amide bonds. The second kappa shape index (κ2) is 5.16. The molecule has 0 aromatic heterocycles. The lowest BCUT2D eigenvalue weighted by Crippen LogP contribution is -2.32. The number of carbonyl (C=O) groups excluding carboxylic acids is 1. The third kappa shape index (κ3) is 2.73. The van der Waals surface area contributed by atoms with Crippen LogP contribution in [0.2, 0.25) is 0 Å². The Bertz CT molecular complexity index is 352. The van der Waals surface area contributed by atoms with Crippen molar-refractivity contribution >= 4 is 11.7 Å². The van der Waals surface area contributed by atoms with Gasteiger partial charge in [-0.3, -0.25) is 10.2 Å². The van der Waals surface area contributed by atoms with E-state index in [1.165, 1.54) is 6.20 Å². The summed E-state index contributed by atoms with van der Waals surface area (Å²) in [4.78, 5) is 10.9. The molecule has 6 N–H and O–H groups in total.